The van der Waals surface area contributed by atoms with Gasteiger partial charge in [-0.25, -0.2) is 0 Å². The van der Waals surface area contributed by atoms with Crippen LogP contribution in [0.5, 0.6) is 0 Å². The third kappa shape index (κ3) is 12.2. The van der Waals surface area contributed by atoms with E-state index in [4.69, 9.17) is 11.5 Å². The van der Waals surface area contributed by atoms with Crippen LogP contribution in [0.3, 0.4) is 0 Å². The van der Waals surface area contributed by atoms with E-state index in [1.807, 2.05) is 18.2 Å². The van der Waals surface area contributed by atoms with Crippen molar-refractivity contribution in [2.75, 3.05) is 11.5 Å². The summed E-state index contributed by atoms with van der Waals surface area (Å²) in [6.45, 7) is 2.29. The minimum Gasteiger partial charge on any atom is -0.399 e. The van der Waals surface area contributed by atoms with Crippen molar-refractivity contribution in [2.24, 2.45) is 0 Å². The number of anilines is 2. The molecule has 2 nitrogen and oxygen atoms in total. The predicted molar refractivity (Wildman–Crippen MR) is 119 cm³/mol. The molecule has 150 valence electrons. The molecule has 1 aromatic carbocycles. The zero-order valence-corrected chi connectivity index (χ0v) is 17.4. The summed E-state index contributed by atoms with van der Waals surface area (Å²) in [5.41, 5.74) is 14.8. The Kier molecular flexibility index (Phi) is 14.1. The van der Waals surface area contributed by atoms with Gasteiger partial charge in [0, 0.05) is 11.4 Å². The van der Waals surface area contributed by atoms with E-state index in [9.17, 15) is 0 Å². The Morgan fingerprint density at radius 2 is 1.00 bits per heavy atom. The lowest BCUT2D eigenvalue weighted by atomic mass is 10.0. The van der Waals surface area contributed by atoms with Crippen molar-refractivity contribution in [2.45, 2.75) is 116 Å². The van der Waals surface area contributed by atoms with Gasteiger partial charge in [0.15, 0.2) is 0 Å². The zero-order chi connectivity index (χ0) is 18.9. The Labute approximate surface area is 163 Å². The Hall–Kier alpha value is -1.18. The quantitative estimate of drug-likeness (QED) is 0.221. The molecule has 0 atom stereocenters. The first kappa shape index (κ1) is 22.9. The molecular weight excluding hydrogens is 316 g/mol. The van der Waals surface area contributed by atoms with Gasteiger partial charge in [-0.1, -0.05) is 103 Å². The van der Waals surface area contributed by atoms with Gasteiger partial charge in [-0.15, -0.1) is 0 Å². The second-order valence-electron chi connectivity index (χ2n) is 8.01. The van der Waals surface area contributed by atoms with Crippen LogP contribution in [-0.4, -0.2) is 0 Å². The maximum atomic E-state index is 6.00. The second-order valence-corrected chi connectivity index (χ2v) is 8.01. The van der Waals surface area contributed by atoms with Crippen molar-refractivity contribution >= 4 is 11.4 Å². The number of hydrogen-bond acceptors (Lipinski definition) is 2. The molecule has 0 heterocycles. The summed E-state index contributed by atoms with van der Waals surface area (Å²) in [6, 6.07) is 5.84. The number of hydrogen-bond donors (Lipinski definition) is 2. The van der Waals surface area contributed by atoms with E-state index in [0.29, 0.717) is 0 Å². The van der Waals surface area contributed by atoms with Crippen molar-refractivity contribution in [1.82, 2.24) is 0 Å². The topological polar surface area (TPSA) is 52.0 Å². The summed E-state index contributed by atoms with van der Waals surface area (Å²) in [5.74, 6) is 0. The molecule has 0 saturated heterocycles. The van der Waals surface area contributed by atoms with Crippen LogP contribution < -0.4 is 11.5 Å². The Bertz CT molecular complexity index is 442. The number of unbranched alkanes of at least 4 members (excludes halogenated alkanes) is 15. The fraction of sp³-hybridized carbons (Fsp3) is 0.750. The summed E-state index contributed by atoms with van der Waals surface area (Å²) in [6.07, 6.45) is 23.6. The predicted octanol–water partition coefficient (Wildman–Crippen LogP) is 7.66. The Morgan fingerprint density at radius 3 is 1.46 bits per heavy atom. The molecule has 0 saturated carbocycles. The number of aryl methyl sites for hydroxylation is 1. The van der Waals surface area contributed by atoms with E-state index in [0.717, 1.165) is 17.8 Å². The summed E-state index contributed by atoms with van der Waals surface area (Å²) >= 11 is 0. The van der Waals surface area contributed by atoms with Crippen molar-refractivity contribution in [3.8, 4) is 0 Å². The van der Waals surface area contributed by atoms with Gasteiger partial charge in [0.25, 0.3) is 0 Å². The monoisotopic (exact) mass is 360 g/mol. The molecule has 0 unspecified atom stereocenters. The highest BCUT2D eigenvalue weighted by Gasteiger charge is 2.00. The molecule has 0 aliphatic heterocycles. The first-order valence-electron chi connectivity index (χ1n) is 11.4. The molecule has 0 spiro atoms. The summed E-state index contributed by atoms with van der Waals surface area (Å²) in [5, 5.41) is 0. The third-order valence-electron chi connectivity index (χ3n) is 5.47. The molecule has 2 heteroatoms. The van der Waals surface area contributed by atoms with E-state index in [1.54, 1.807) is 0 Å². The molecule has 0 fully saturated rings. The first-order valence-corrected chi connectivity index (χ1v) is 11.4. The van der Waals surface area contributed by atoms with Crippen LogP contribution in [0.15, 0.2) is 18.2 Å². The van der Waals surface area contributed by atoms with E-state index in [2.05, 4.69) is 6.92 Å². The van der Waals surface area contributed by atoms with Crippen LogP contribution in [0.2, 0.25) is 0 Å². The lowest BCUT2D eigenvalue weighted by Gasteiger charge is -2.07. The summed E-state index contributed by atoms with van der Waals surface area (Å²) in [4.78, 5) is 0. The molecule has 1 aromatic rings. The van der Waals surface area contributed by atoms with E-state index in [1.165, 1.54) is 108 Å². The van der Waals surface area contributed by atoms with E-state index in [-0.39, 0.29) is 0 Å². The third-order valence-corrected chi connectivity index (χ3v) is 5.47. The molecule has 0 radical (unpaired) electrons. The maximum absolute atomic E-state index is 6.00. The van der Waals surface area contributed by atoms with Crippen LogP contribution in [0.1, 0.15) is 115 Å². The Balaban J connectivity index is 1.80. The molecule has 1 rings (SSSR count). The number of nitrogen functional groups attached to an aromatic ring is 2. The minimum atomic E-state index is 0.825. The number of rotatable bonds is 17. The van der Waals surface area contributed by atoms with E-state index >= 15 is 0 Å². The van der Waals surface area contributed by atoms with Gasteiger partial charge in [0.05, 0.1) is 0 Å². The maximum Gasteiger partial charge on any atom is 0.0348 e. The molecule has 0 aromatic heterocycles. The highest BCUT2D eigenvalue weighted by molar-refractivity contribution is 5.55. The molecule has 4 N–H and O–H groups in total. The van der Waals surface area contributed by atoms with E-state index < -0.39 is 0 Å². The van der Waals surface area contributed by atoms with Crippen molar-refractivity contribution < 1.29 is 0 Å². The van der Waals surface area contributed by atoms with Crippen molar-refractivity contribution in [3.63, 3.8) is 0 Å². The highest BCUT2D eigenvalue weighted by atomic mass is 14.6. The van der Waals surface area contributed by atoms with Gasteiger partial charge in [-0.3, -0.25) is 0 Å². The molecule has 0 aliphatic carbocycles. The van der Waals surface area contributed by atoms with Gasteiger partial charge in [0.1, 0.15) is 0 Å². The second kappa shape index (κ2) is 16.0. The largest absolute Gasteiger partial charge is 0.399 e. The highest BCUT2D eigenvalue weighted by Crippen LogP contribution is 2.19. The fourth-order valence-corrected chi connectivity index (χ4v) is 3.71. The van der Waals surface area contributed by atoms with Crippen LogP contribution in [0, 0.1) is 0 Å². The van der Waals surface area contributed by atoms with Gasteiger partial charge < -0.3 is 11.5 Å². The van der Waals surface area contributed by atoms with Crippen LogP contribution in [0.25, 0.3) is 0 Å². The number of nitrogens with two attached hydrogens (primary N) is 2. The van der Waals surface area contributed by atoms with Gasteiger partial charge in [0.2, 0.25) is 0 Å². The molecule has 0 bridgehead atoms. The van der Waals surface area contributed by atoms with Crippen LogP contribution in [-0.2, 0) is 6.42 Å². The van der Waals surface area contributed by atoms with Crippen LogP contribution >= 0.6 is 0 Å². The smallest absolute Gasteiger partial charge is 0.0348 e. The molecule has 0 aliphatic rings. The summed E-state index contributed by atoms with van der Waals surface area (Å²) < 4.78 is 0. The van der Waals surface area contributed by atoms with Gasteiger partial charge >= 0.3 is 0 Å². The SMILES string of the molecule is CCCCCCCCCCCCCCCCCCc1cc(N)ccc1N. The van der Waals surface area contributed by atoms with Crippen molar-refractivity contribution in [1.29, 1.82) is 0 Å². The standard InChI is InChI=1S/C24H44N2/c1-2-3-4-5-6-7-8-9-10-11-12-13-14-15-16-17-18-22-21-23(25)19-20-24(22)26/h19-21H,2-18,25-26H2,1H3. The normalized spacial score (nSPS) is 11.1. The molecule has 0 amide bonds. The lowest BCUT2D eigenvalue weighted by molar-refractivity contribution is 0.529. The Morgan fingerprint density at radius 1 is 0.577 bits per heavy atom. The summed E-state index contributed by atoms with van der Waals surface area (Å²) in [7, 11) is 0. The molecule has 26 heavy (non-hydrogen) atoms. The fourth-order valence-electron chi connectivity index (χ4n) is 3.71. The van der Waals surface area contributed by atoms with Crippen LogP contribution in [0.4, 0.5) is 11.4 Å². The number of benzene rings is 1. The first-order chi connectivity index (χ1) is 12.7. The van der Waals surface area contributed by atoms with Crippen molar-refractivity contribution in [3.05, 3.63) is 23.8 Å². The van der Waals surface area contributed by atoms with Gasteiger partial charge in [-0.05, 0) is 36.6 Å². The lowest BCUT2D eigenvalue weighted by Crippen LogP contribution is -1.96. The molecular formula is C24H44N2. The zero-order valence-electron chi connectivity index (χ0n) is 17.4. The van der Waals surface area contributed by atoms with Gasteiger partial charge in [-0.2, -0.15) is 0 Å². The minimum absolute atomic E-state index is 0.825. The average Bonchev–Trinajstić information content (AvgIpc) is 2.64. The average molecular weight is 361 g/mol.